The van der Waals surface area contributed by atoms with Crippen LogP contribution in [0.15, 0.2) is 41.8 Å². The largest absolute Gasteiger partial charge is 0.478 e. The molecule has 1 saturated heterocycles. The van der Waals surface area contributed by atoms with Gasteiger partial charge in [-0.15, -0.1) is 11.3 Å². The highest BCUT2D eigenvalue weighted by Gasteiger charge is 2.29. The van der Waals surface area contributed by atoms with Crippen LogP contribution in [-0.4, -0.2) is 11.1 Å². The molecular weight excluding hydrogens is 270 g/mol. The first kappa shape index (κ1) is 12.1. The topological polar surface area (TPSA) is 68.2 Å². The van der Waals surface area contributed by atoms with Gasteiger partial charge in [0.25, 0.3) is 6.29 Å². The van der Waals surface area contributed by atoms with E-state index in [2.05, 4.69) is 0 Å². The Morgan fingerprint density at radius 3 is 2.95 bits per heavy atom. The summed E-state index contributed by atoms with van der Waals surface area (Å²) in [4.78, 5) is 27.1. The van der Waals surface area contributed by atoms with Crippen LogP contribution in [0.25, 0.3) is 0 Å². The zero-order valence-corrected chi connectivity index (χ0v) is 10.4. The molecule has 1 N–H and O–H groups in total. The fraction of sp³-hybridized carbons (Fsp3) is 0.0833. The van der Waals surface area contributed by atoms with Gasteiger partial charge in [-0.05, 0) is 29.6 Å². The number of aromatic carboxylic acids is 1. The summed E-state index contributed by atoms with van der Waals surface area (Å²) in [5.74, 6) is -1.02. The van der Waals surface area contributed by atoms with Gasteiger partial charge in [0.15, 0.2) is 0 Å². The number of carboxylic acids is 1. The molecule has 0 spiro atoms. The number of hydrogen-bond acceptors (Lipinski definition) is 6. The Balaban J connectivity index is 1.77. The molecule has 98 valence electrons. The van der Waals surface area contributed by atoms with Gasteiger partial charge in [0.2, 0.25) is 0 Å². The van der Waals surface area contributed by atoms with Crippen molar-refractivity contribution >= 4 is 23.0 Å². The Hall–Kier alpha value is -1.93. The first-order chi connectivity index (χ1) is 9.24. The number of thiophene rings is 1. The van der Waals surface area contributed by atoms with Crippen molar-refractivity contribution in [3.05, 3.63) is 52.2 Å². The molecule has 1 aliphatic rings. The quantitative estimate of drug-likeness (QED) is 0.871. The van der Waals surface area contributed by atoms with Gasteiger partial charge in [-0.25, -0.2) is 9.63 Å². The Morgan fingerprint density at radius 2 is 2.21 bits per heavy atom. The van der Waals surface area contributed by atoms with Gasteiger partial charge < -0.3 is 5.11 Å². The molecule has 7 heteroatoms. The van der Waals surface area contributed by atoms with Gasteiger partial charge in [-0.1, -0.05) is 22.3 Å². The molecule has 2 heterocycles. The van der Waals surface area contributed by atoms with Crippen LogP contribution in [0.4, 0.5) is 5.69 Å². The van der Waals surface area contributed by atoms with Crippen molar-refractivity contribution < 1.29 is 24.6 Å². The van der Waals surface area contributed by atoms with E-state index in [4.69, 9.17) is 19.8 Å². The molecule has 0 bridgehead atoms. The van der Waals surface area contributed by atoms with Crippen molar-refractivity contribution in [2.24, 2.45) is 0 Å². The SMILES string of the molecule is O=C(O)c1cccc(N2OOC(c3cccs3)O2)c1. The van der Waals surface area contributed by atoms with Gasteiger partial charge in [0.1, 0.15) is 0 Å². The minimum absolute atomic E-state index is 0.143. The van der Waals surface area contributed by atoms with E-state index in [-0.39, 0.29) is 5.56 Å². The molecule has 1 atom stereocenters. The van der Waals surface area contributed by atoms with E-state index >= 15 is 0 Å². The minimum atomic E-state index is -1.02. The number of carboxylic acid groups (broad SMARTS) is 1. The summed E-state index contributed by atoms with van der Waals surface area (Å²) in [5.41, 5.74) is 0.586. The van der Waals surface area contributed by atoms with Gasteiger partial charge in [0.05, 0.1) is 16.1 Å². The number of rotatable bonds is 3. The maximum atomic E-state index is 10.9. The maximum absolute atomic E-state index is 10.9. The summed E-state index contributed by atoms with van der Waals surface area (Å²) < 4.78 is 0. The highest BCUT2D eigenvalue weighted by atomic mass is 32.1. The fourth-order valence-electron chi connectivity index (χ4n) is 1.58. The van der Waals surface area contributed by atoms with Crippen molar-refractivity contribution in [1.29, 1.82) is 0 Å². The summed E-state index contributed by atoms with van der Waals surface area (Å²) in [7, 11) is 0. The van der Waals surface area contributed by atoms with Crippen molar-refractivity contribution in [3.8, 4) is 0 Å². The van der Waals surface area contributed by atoms with Crippen LogP contribution in [0, 0.1) is 0 Å². The highest BCUT2D eigenvalue weighted by molar-refractivity contribution is 7.10. The standard InChI is InChI=1S/C12H9NO5S/c14-11(15)8-3-1-4-9(7-8)13-16-12(17-18-13)10-5-2-6-19-10/h1-7,12H,(H,14,15). The predicted octanol–water partition coefficient (Wildman–Crippen LogP) is 2.76. The zero-order valence-electron chi connectivity index (χ0n) is 9.55. The van der Waals surface area contributed by atoms with E-state index in [1.807, 2.05) is 17.5 Å². The van der Waals surface area contributed by atoms with Crippen LogP contribution in [0.5, 0.6) is 0 Å². The van der Waals surface area contributed by atoms with E-state index < -0.39 is 12.3 Å². The van der Waals surface area contributed by atoms with Crippen LogP contribution in [0.1, 0.15) is 21.5 Å². The molecule has 2 aromatic rings. The number of hydrogen-bond donors (Lipinski definition) is 1. The Kier molecular flexibility index (Phi) is 3.18. The predicted molar refractivity (Wildman–Crippen MR) is 66.2 cm³/mol. The summed E-state index contributed by atoms with van der Waals surface area (Å²) in [5, 5.41) is 11.9. The lowest BCUT2D eigenvalue weighted by Gasteiger charge is -2.11. The van der Waals surface area contributed by atoms with E-state index in [1.54, 1.807) is 12.1 Å². The molecule has 0 saturated carbocycles. The summed E-state index contributed by atoms with van der Waals surface area (Å²) in [6.45, 7) is 0. The smallest absolute Gasteiger partial charge is 0.335 e. The van der Waals surface area contributed by atoms with Crippen LogP contribution < -0.4 is 5.23 Å². The van der Waals surface area contributed by atoms with E-state index in [1.165, 1.54) is 23.5 Å². The molecule has 0 amide bonds. The first-order valence-electron chi connectivity index (χ1n) is 5.41. The number of benzene rings is 1. The van der Waals surface area contributed by atoms with Crippen molar-refractivity contribution in [2.75, 3.05) is 5.23 Å². The molecule has 1 aromatic heterocycles. The second-order valence-electron chi connectivity index (χ2n) is 3.74. The fourth-order valence-corrected chi connectivity index (χ4v) is 2.25. The van der Waals surface area contributed by atoms with Crippen molar-refractivity contribution in [2.45, 2.75) is 6.29 Å². The Bertz CT molecular complexity index is 586. The minimum Gasteiger partial charge on any atom is -0.478 e. The number of nitrogens with zero attached hydrogens (tertiary/aromatic N) is 1. The molecule has 6 nitrogen and oxygen atoms in total. The van der Waals surface area contributed by atoms with Crippen LogP contribution in [-0.2, 0) is 14.7 Å². The zero-order chi connectivity index (χ0) is 13.2. The summed E-state index contributed by atoms with van der Waals surface area (Å²) in [6, 6.07) is 9.91. The number of carbonyl (C=O) groups is 1. The van der Waals surface area contributed by atoms with Gasteiger partial charge in [-0.2, -0.15) is 4.89 Å². The average molecular weight is 279 g/mol. The highest BCUT2D eigenvalue weighted by Crippen LogP contribution is 2.33. The maximum Gasteiger partial charge on any atom is 0.335 e. The molecule has 0 aliphatic carbocycles. The third-order valence-corrected chi connectivity index (χ3v) is 3.36. The van der Waals surface area contributed by atoms with Crippen molar-refractivity contribution in [1.82, 2.24) is 0 Å². The van der Waals surface area contributed by atoms with Crippen LogP contribution in [0.2, 0.25) is 0 Å². The molecular formula is C12H9NO5S. The molecule has 1 unspecified atom stereocenters. The van der Waals surface area contributed by atoms with E-state index in [9.17, 15) is 4.79 Å². The van der Waals surface area contributed by atoms with Gasteiger partial charge >= 0.3 is 5.97 Å². The molecule has 1 fully saturated rings. The van der Waals surface area contributed by atoms with E-state index in [0.29, 0.717) is 5.69 Å². The molecule has 19 heavy (non-hydrogen) atoms. The third-order valence-electron chi connectivity index (χ3n) is 2.47. The van der Waals surface area contributed by atoms with E-state index in [0.717, 1.165) is 10.1 Å². The van der Waals surface area contributed by atoms with Crippen molar-refractivity contribution in [3.63, 3.8) is 0 Å². The normalized spacial score (nSPS) is 18.7. The summed E-state index contributed by atoms with van der Waals surface area (Å²) >= 11 is 1.47. The lowest BCUT2D eigenvalue weighted by Crippen LogP contribution is -2.15. The Labute approximate surface area is 112 Å². The first-order valence-corrected chi connectivity index (χ1v) is 6.29. The number of anilines is 1. The average Bonchev–Trinajstić information content (AvgIpc) is 3.09. The lowest BCUT2D eigenvalue weighted by molar-refractivity contribution is -0.285. The Morgan fingerprint density at radius 1 is 1.32 bits per heavy atom. The summed E-state index contributed by atoms with van der Waals surface area (Å²) in [6.07, 6.45) is -0.645. The molecule has 1 aliphatic heterocycles. The monoisotopic (exact) mass is 279 g/mol. The van der Waals surface area contributed by atoms with Crippen LogP contribution >= 0.6 is 11.3 Å². The second kappa shape index (κ2) is 4.98. The molecule has 3 rings (SSSR count). The lowest BCUT2D eigenvalue weighted by atomic mass is 10.2. The third kappa shape index (κ3) is 2.45. The van der Waals surface area contributed by atoms with Crippen LogP contribution in [0.3, 0.4) is 0 Å². The molecule has 0 radical (unpaired) electrons. The van der Waals surface area contributed by atoms with Gasteiger partial charge in [0, 0.05) is 0 Å². The molecule has 1 aromatic carbocycles. The second-order valence-corrected chi connectivity index (χ2v) is 4.72. The van der Waals surface area contributed by atoms with Gasteiger partial charge in [-0.3, -0.25) is 0 Å².